The monoisotopic (exact) mass is 237 g/mol. The maximum absolute atomic E-state index is 12.1. The summed E-state index contributed by atoms with van der Waals surface area (Å²) in [5.41, 5.74) is 0. The van der Waals surface area contributed by atoms with Gasteiger partial charge in [0.05, 0.1) is 6.10 Å². The normalized spacial score (nSPS) is 18.3. The van der Waals surface area contributed by atoms with Crippen molar-refractivity contribution in [3.63, 3.8) is 0 Å². The fourth-order valence-electron chi connectivity index (χ4n) is 2.12. The van der Waals surface area contributed by atoms with Crippen LogP contribution in [0.4, 0.5) is 0 Å². The van der Waals surface area contributed by atoms with Crippen molar-refractivity contribution in [2.75, 3.05) is 13.1 Å². The number of aliphatic hydroxyl groups is 1. The fourth-order valence-corrected chi connectivity index (χ4v) is 2.12. The second kappa shape index (κ2) is 4.49. The lowest BCUT2D eigenvalue weighted by atomic mass is 10.1. The van der Waals surface area contributed by atoms with Crippen molar-refractivity contribution in [2.24, 2.45) is 0 Å². The minimum absolute atomic E-state index is 0.0511. The number of hydrogen-bond acceptors (Lipinski definition) is 3. The van der Waals surface area contributed by atoms with E-state index in [0.29, 0.717) is 19.0 Å². The molecule has 1 atom stereocenters. The average Bonchev–Trinajstić information content (AvgIpc) is 2.71. The zero-order valence-corrected chi connectivity index (χ0v) is 10.5. The number of carbonyl (C=O) groups excluding carboxylic acids is 1. The first kappa shape index (κ1) is 12.1. The fraction of sp³-hybridized carbons (Fsp3) is 0.667. The van der Waals surface area contributed by atoms with E-state index in [4.69, 9.17) is 0 Å². The van der Waals surface area contributed by atoms with E-state index < -0.39 is 0 Å². The first-order valence-electron chi connectivity index (χ1n) is 6.00. The van der Waals surface area contributed by atoms with Gasteiger partial charge in [0, 0.05) is 31.4 Å². The van der Waals surface area contributed by atoms with Gasteiger partial charge in [-0.2, -0.15) is 0 Å². The molecule has 5 nitrogen and oxygen atoms in total. The van der Waals surface area contributed by atoms with E-state index in [-0.39, 0.29) is 18.1 Å². The number of rotatable bonds is 3. The molecule has 94 valence electrons. The van der Waals surface area contributed by atoms with E-state index in [1.165, 1.54) is 0 Å². The Kier molecular flexibility index (Phi) is 3.19. The second-order valence-electron chi connectivity index (χ2n) is 4.92. The number of aromatic nitrogens is 2. The zero-order valence-electron chi connectivity index (χ0n) is 10.5. The molecule has 2 heterocycles. The molecule has 0 spiro atoms. The van der Waals surface area contributed by atoms with Gasteiger partial charge in [-0.1, -0.05) is 13.8 Å². The van der Waals surface area contributed by atoms with Crippen molar-refractivity contribution in [3.05, 3.63) is 18.2 Å². The second-order valence-corrected chi connectivity index (χ2v) is 4.92. The summed E-state index contributed by atoms with van der Waals surface area (Å²) in [6.45, 7) is 6.90. The van der Waals surface area contributed by atoms with Crippen LogP contribution < -0.4 is 0 Å². The third kappa shape index (κ3) is 2.20. The molecule has 17 heavy (non-hydrogen) atoms. The number of amides is 1. The zero-order chi connectivity index (χ0) is 12.6. The molecule has 5 heteroatoms. The highest BCUT2D eigenvalue weighted by Crippen LogP contribution is 2.21. The summed E-state index contributed by atoms with van der Waals surface area (Å²) >= 11 is 0. The number of carbonyl (C=O) groups is 1. The lowest BCUT2D eigenvalue weighted by molar-refractivity contribution is -0.144. The topological polar surface area (TPSA) is 58.4 Å². The summed E-state index contributed by atoms with van der Waals surface area (Å²) < 4.78 is 1.91. The highest BCUT2D eigenvalue weighted by molar-refractivity contribution is 5.81. The van der Waals surface area contributed by atoms with Crippen molar-refractivity contribution in [2.45, 2.75) is 38.8 Å². The average molecular weight is 237 g/mol. The van der Waals surface area contributed by atoms with E-state index in [2.05, 4.69) is 18.8 Å². The molecule has 1 aromatic heterocycles. The summed E-state index contributed by atoms with van der Waals surface area (Å²) in [5.74, 6) is 1.27. The Bertz CT molecular complexity index is 408. The Hall–Kier alpha value is -1.36. The molecule has 1 aliphatic rings. The Morgan fingerprint density at radius 2 is 2.12 bits per heavy atom. The summed E-state index contributed by atoms with van der Waals surface area (Å²) in [5, 5.41) is 9.21. The number of aliphatic hydroxyl groups excluding tert-OH is 1. The Morgan fingerprint density at radius 3 is 2.65 bits per heavy atom. The molecule has 1 unspecified atom stereocenters. The molecule has 0 aromatic carbocycles. The Balaban J connectivity index is 2.11. The van der Waals surface area contributed by atoms with E-state index >= 15 is 0 Å². The maximum Gasteiger partial charge on any atom is 0.245 e. The third-order valence-corrected chi connectivity index (χ3v) is 3.16. The van der Waals surface area contributed by atoms with Crippen LogP contribution in [0.3, 0.4) is 0 Å². The molecule has 2 rings (SSSR count). The van der Waals surface area contributed by atoms with Crippen LogP contribution in [0, 0.1) is 0 Å². The van der Waals surface area contributed by atoms with Gasteiger partial charge in [-0.25, -0.2) is 4.98 Å². The van der Waals surface area contributed by atoms with E-state index in [1.807, 2.05) is 17.7 Å². The molecular formula is C12H19N3O2. The van der Waals surface area contributed by atoms with Crippen molar-refractivity contribution in [1.29, 1.82) is 0 Å². The Labute approximate surface area is 101 Å². The van der Waals surface area contributed by atoms with Gasteiger partial charge in [0.2, 0.25) is 5.91 Å². The smallest absolute Gasteiger partial charge is 0.245 e. The molecule has 0 radical (unpaired) electrons. The van der Waals surface area contributed by atoms with Crippen molar-refractivity contribution in [3.8, 4) is 0 Å². The lowest BCUT2D eigenvalue weighted by Crippen LogP contribution is -2.55. The van der Waals surface area contributed by atoms with Crippen molar-refractivity contribution in [1.82, 2.24) is 14.5 Å². The van der Waals surface area contributed by atoms with Crippen LogP contribution in [0.15, 0.2) is 12.4 Å². The van der Waals surface area contributed by atoms with Crippen LogP contribution in [-0.4, -0.2) is 44.7 Å². The summed E-state index contributed by atoms with van der Waals surface area (Å²) in [6, 6.07) is -0.248. The van der Waals surface area contributed by atoms with Crippen LogP contribution in [0.2, 0.25) is 0 Å². The molecule has 1 aromatic rings. The predicted molar refractivity (Wildman–Crippen MR) is 63.6 cm³/mol. The molecule has 1 saturated heterocycles. The summed E-state index contributed by atoms with van der Waals surface area (Å²) in [7, 11) is 0. The Morgan fingerprint density at radius 1 is 1.47 bits per heavy atom. The number of nitrogens with zero attached hydrogens (tertiary/aromatic N) is 3. The maximum atomic E-state index is 12.1. The summed E-state index contributed by atoms with van der Waals surface area (Å²) in [4.78, 5) is 18.1. The molecule has 0 saturated carbocycles. The van der Waals surface area contributed by atoms with Gasteiger partial charge in [0.15, 0.2) is 0 Å². The van der Waals surface area contributed by atoms with Gasteiger partial charge >= 0.3 is 0 Å². The highest BCUT2D eigenvalue weighted by Gasteiger charge is 2.32. The van der Waals surface area contributed by atoms with Crippen LogP contribution in [-0.2, 0) is 4.79 Å². The van der Waals surface area contributed by atoms with E-state index in [9.17, 15) is 9.90 Å². The predicted octanol–water partition coefficient (Wildman–Crippen LogP) is 0.771. The third-order valence-electron chi connectivity index (χ3n) is 3.16. The molecule has 1 N–H and O–H groups in total. The number of β-amino-alcohol motifs (C(OH)–C–C–N with tert-alkyl or cyclic N) is 1. The van der Waals surface area contributed by atoms with Crippen molar-refractivity contribution >= 4 is 5.91 Å². The quantitative estimate of drug-likeness (QED) is 0.844. The lowest BCUT2D eigenvalue weighted by Gasteiger charge is -2.37. The van der Waals surface area contributed by atoms with E-state index in [0.717, 1.165) is 5.82 Å². The number of likely N-dealkylation sites (tertiary alicyclic amines) is 1. The molecule has 0 bridgehead atoms. The first-order valence-corrected chi connectivity index (χ1v) is 6.00. The van der Waals surface area contributed by atoms with Gasteiger partial charge in [-0.05, 0) is 6.92 Å². The largest absolute Gasteiger partial charge is 0.389 e. The van der Waals surface area contributed by atoms with Crippen LogP contribution in [0.1, 0.15) is 38.6 Å². The van der Waals surface area contributed by atoms with Gasteiger partial charge < -0.3 is 14.6 Å². The molecule has 0 aliphatic carbocycles. The van der Waals surface area contributed by atoms with Crippen LogP contribution >= 0.6 is 0 Å². The van der Waals surface area contributed by atoms with Gasteiger partial charge in [-0.15, -0.1) is 0 Å². The van der Waals surface area contributed by atoms with Gasteiger partial charge in [0.25, 0.3) is 0 Å². The van der Waals surface area contributed by atoms with Gasteiger partial charge in [-0.3, -0.25) is 4.79 Å². The molecule has 1 fully saturated rings. The highest BCUT2D eigenvalue weighted by atomic mass is 16.3. The SMILES string of the molecule is CC(C)c1nccn1C(C)C(=O)N1CC(O)C1. The molecule has 1 aliphatic heterocycles. The number of hydrogen-bond donors (Lipinski definition) is 1. The van der Waals surface area contributed by atoms with Gasteiger partial charge in [0.1, 0.15) is 11.9 Å². The van der Waals surface area contributed by atoms with Crippen molar-refractivity contribution < 1.29 is 9.90 Å². The standard InChI is InChI=1S/C12H19N3O2/c1-8(2)11-13-4-5-15(11)9(3)12(17)14-6-10(16)7-14/h4-5,8-10,16H,6-7H2,1-3H3. The number of imidazole rings is 1. The minimum atomic E-state index is -0.349. The molecule has 1 amide bonds. The van der Waals surface area contributed by atoms with E-state index in [1.54, 1.807) is 11.1 Å². The summed E-state index contributed by atoms with van der Waals surface area (Å²) in [6.07, 6.45) is 3.22. The van der Waals surface area contributed by atoms with Crippen LogP contribution in [0.5, 0.6) is 0 Å². The molecular weight excluding hydrogens is 218 g/mol. The minimum Gasteiger partial charge on any atom is -0.389 e. The first-order chi connectivity index (χ1) is 8.00. The van der Waals surface area contributed by atoms with Crippen LogP contribution in [0.25, 0.3) is 0 Å².